The maximum absolute atomic E-state index is 12.7. The number of ether oxygens (including phenoxy) is 2. The number of piperidine rings is 1. The molecule has 3 heterocycles. The molecule has 4 rings (SSSR count). The van der Waals surface area contributed by atoms with Crippen molar-refractivity contribution in [1.29, 1.82) is 0 Å². The molecule has 1 aliphatic carbocycles. The van der Waals surface area contributed by atoms with Crippen LogP contribution in [0.1, 0.15) is 25.7 Å². The third kappa shape index (κ3) is 3.71. The van der Waals surface area contributed by atoms with Crippen LogP contribution >= 0.6 is 0 Å². The number of rotatable bonds is 5. The van der Waals surface area contributed by atoms with Crippen LogP contribution in [0.3, 0.4) is 0 Å². The Morgan fingerprint density at radius 3 is 3.04 bits per heavy atom. The number of carbonyl (C=O) groups excluding carboxylic acids is 1. The van der Waals surface area contributed by atoms with Crippen molar-refractivity contribution in [2.45, 2.75) is 31.8 Å². The van der Waals surface area contributed by atoms with Crippen molar-refractivity contribution in [2.75, 3.05) is 38.3 Å². The molecule has 7 heteroatoms. The van der Waals surface area contributed by atoms with Gasteiger partial charge < -0.3 is 19.7 Å². The van der Waals surface area contributed by atoms with E-state index < -0.39 is 0 Å². The molecular formula is C18H26N4O3. The van der Waals surface area contributed by atoms with Gasteiger partial charge >= 0.3 is 0 Å². The molecule has 0 unspecified atom stereocenters. The van der Waals surface area contributed by atoms with Gasteiger partial charge in [0.05, 0.1) is 13.2 Å². The minimum atomic E-state index is 0.0315. The largest absolute Gasteiger partial charge is 0.481 e. The highest BCUT2D eigenvalue weighted by atomic mass is 16.5. The first kappa shape index (κ1) is 16.6. The highest BCUT2D eigenvalue weighted by Crippen LogP contribution is 2.35. The van der Waals surface area contributed by atoms with Gasteiger partial charge in [0.15, 0.2) is 0 Å². The Morgan fingerprint density at radius 2 is 2.24 bits per heavy atom. The van der Waals surface area contributed by atoms with E-state index in [0.29, 0.717) is 18.4 Å². The Bertz CT molecular complexity index is 622. The van der Waals surface area contributed by atoms with E-state index >= 15 is 0 Å². The van der Waals surface area contributed by atoms with Gasteiger partial charge in [-0.25, -0.2) is 9.97 Å². The summed E-state index contributed by atoms with van der Waals surface area (Å²) in [5, 5.41) is 3.16. The maximum atomic E-state index is 12.7. The molecule has 3 fully saturated rings. The van der Waals surface area contributed by atoms with Gasteiger partial charge in [-0.1, -0.05) is 0 Å². The average molecular weight is 346 g/mol. The molecule has 25 heavy (non-hydrogen) atoms. The Kier molecular flexibility index (Phi) is 4.74. The van der Waals surface area contributed by atoms with Crippen molar-refractivity contribution in [3.05, 3.63) is 12.4 Å². The number of hydrogen-bond donors (Lipinski definition) is 1. The molecule has 0 bridgehead atoms. The summed E-state index contributed by atoms with van der Waals surface area (Å²) >= 11 is 0. The van der Waals surface area contributed by atoms with Crippen molar-refractivity contribution in [2.24, 2.45) is 17.8 Å². The molecule has 1 aromatic heterocycles. The molecule has 2 saturated heterocycles. The van der Waals surface area contributed by atoms with E-state index in [0.717, 1.165) is 38.3 Å². The number of fused-ring (bicyclic) bond motifs is 1. The topological polar surface area (TPSA) is 76.6 Å². The lowest BCUT2D eigenvalue weighted by Gasteiger charge is -2.44. The molecule has 0 spiro atoms. The highest BCUT2D eigenvalue weighted by Gasteiger charge is 2.42. The minimum absolute atomic E-state index is 0.0315. The van der Waals surface area contributed by atoms with E-state index in [4.69, 9.17) is 9.47 Å². The van der Waals surface area contributed by atoms with Crippen LogP contribution in [0.5, 0.6) is 5.88 Å². The number of amides is 1. The van der Waals surface area contributed by atoms with Crippen molar-refractivity contribution < 1.29 is 14.3 Å². The predicted molar refractivity (Wildman–Crippen MR) is 92.5 cm³/mol. The Morgan fingerprint density at radius 1 is 1.36 bits per heavy atom. The molecule has 0 radical (unpaired) electrons. The summed E-state index contributed by atoms with van der Waals surface area (Å²) < 4.78 is 11.2. The second kappa shape index (κ2) is 7.15. The van der Waals surface area contributed by atoms with E-state index in [-0.39, 0.29) is 23.8 Å². The van der Waals surface area contributed by atoms with Gasteiger partial charge in [0.1, 0.15) is 12.1 Å². The summed E-state index contributed by atoms with van der Waals surface area (Å²) in [6.45, 7) is 3.18. The second-order valence-electron chi connectivity index (χ2n) is 7.31. The smallest absolute Gasteiger partial charge is 0.223 e. The monoisotopic (exact) mass is 346 g/mol. The Balaban J connectivity index is 1.45. The van der Waals surface area contributed by atoms with E-state index in [1.54, 1.807) is 7.11 Å². The van der Waals surface area contributed by atoms with Crippen molar-refractivity contribution in [3.8, 4) is 5.88 Å². The standard InChI is InChI=1S/C18H26N4O3/c1-24-17-8-16(20-11-21-17)22-6-4-15-14(10-22)13(5-7-25-15)18(23)19-9-12-2-3-12/h8,11-15H,2-7,9-10H2,1H3,(H,19,23)/t13-,14+,15-/m1/s1. The minimum Gasteiger partial charge on any atom is -0.481 e. The van der Waals surface area contributed by atoms with Gasteiger partial charge in [-0.15, -0.1) is 0 Å². The molecule has 7 nitrogen and oxygen atoms in total. The highest BCUT2D eigenvalue weighted by molar-refractivity contribution is 5.79. The predicted octanol–water partition coefficient (Wildman–Crippen LogP) is 1.24. The fourth-order valence-electron chi connectivity index (χ4n) is 3.96. The van der Waals surface area contributed by atoms with Crippen LogP contribution < -0.4 is 15.0 Å². The lowest BCUT2D eigenvalue weighted by Crippen LogP contribution is -2.53. The van der Waals surface area contributed by atoms with Crippen molar-refractivity contribution in [1.82, 2.24) is 15.3 Å². The first-order chi connectivity index (χ1) is 12.2. The summed E-state index contributed by atoms with van der Waals surface area (Å²) in [5.41, 5.74) is 0. The molecule has 1 N–H and O–H groups in total. The van der Waals surface area contributed by atoms with E-state index in [2.05, 4.69) is 20.2 Å². The fraction of sp³-hybridized carbons (Fsp3) is 0.722. The average Bonchev–Trinajstić information content (AvgIpc) is 3.49. The molecule has 1 aromatic rings. The van der Waals surface area contributed by atoms with Gasteiger partial charge in [0, 0.05) is 44.1 Å². The van der Waals surface area contributed by atoms with Crippen LogP contribution in [-0.4, -0.2) is 55.3 Å². The molecule has 3 aliphatic rings. The number of hydrogen-bond acceptors (Lipinski definition) is 6. The SMILES string of the molecule is COc1cc(N2CC[C@H]3OCC[C@@H](C(=O)NCC4CC4)[C@@H]3C2)ncn1. The molecule has 136 valence electrons. The van der Waals surface area contributed by atoms with Crippen LogP contribution in [-0.2, 0) is 9.53 Å². The molecule has 2 aliphatic heterocycles. The summed E-state index contributed by atoms with van der Waals surface area (Å²) in [5.74, 6) is 2.56. The van der Waals surface area contributed by atoms with Crippen molar-refractivity contribution >= 4 is 11.7 Å². The second-order valence-corrected chi connectivity index (χ2v) is 7.31. The van der Waals surface area contributed by atoms with Crippen LogP contribution in [0, 0.1) is 17.8 Å². The number of methoxy groups -OCH3 is 1. The third-order valence-corrected chi connectivity index (χ3v) is 5.63. The van der Waals surface area contributed by atoms with Gasteiger partial charge in [-0.2, -0.15) is 0 Å². The molecule has 1 saturated carbocycles. The lowest BCUT2D eigenvalue weighted by molar-refractivity contribution is -0.137. The molecule has 1 amide bonds. The summed E-state index contributed by atoms with van der Waals surface area (Å²) in [6.07, 6.45) is 5.93. The number of nitrogens with one attached hydrogen (secondary N) is 1. The van der Waals surface area contributed by atoms with E-state index in [9.17, 15) is 4.79 Å². The van der Waals surface area contributed by atoms with Gasteiger partial charge in [0.2, 0.25) is 11.8 Å². The zero-order valence-corrected chi connectivity index (χ0v) is 14.7. The summed E-state index contributed by atoms with van der Waals surface area (Å²) in [6, 6.07) is 1.85. The normalized spacial score (nSPS) is 29.0. The quantitative estimate of drug-likeness (QED) is 0.864. The zero-order chi connectivity index (χ0) is 17.2. The molecular weight excluding hydrogens is 320 g/mol. The van der Waals surface area contributed by atoms with Gasteiger partial charge in [0.25, 0.3) is 0 Å². The maximum Gasteiger partial charge on any atom is 0.223 e. The number of anilines is 1. The summed E-state index contributed by atoms with van der Waals surface area (Å²) in [4.78, 5) is 23.4. The van der Waals surface area contributed by atoms with Crippen molar-refractivity contribution in [3.63, 3.8) is 0 Å². The number of nitrogens with zero attached hydrogens (tertiary/aromatic N) is 3. The first-order valence-corrected chi connectivity index (χ1v) is 9.25. The van der Waals surface area contributed by atoms with Crippen LogP contribution in [0.4, 0.5) is 5.82 Å². The van der Waals surface area contributed by atoms with E-state index in [1.807, 2.05) is 6.07 Å². The summed E-state index contributed by atoms with van der Waals surface area (Å²) in [7, 11) is 1.60. The molecule has 3 atom stereocenters. The van der Waals surface area contributed by atoms with E-state index in [1.165, 1.54) is 19.2 Å². The van der Waals surface area contributed by atoms with Crippen LogP contribution in [0.25, 0.3) is 0 Å². The fourth-order valence-corrected chi connectivity index (χ4v) is 3.96. The van der Waals surface area contributed by atoms with Gasteiger partial charge in [-0.05, 0) is 31.6 Å². The van der Waals surface area contributed by atoms with Gasteiger partial charge in [-0.3, -0.25) is 4.79 Å². The Hall–Kier alpha value is -1.89. The number of carbonyl (C=O) groups is 1. The molecule has 0 aromatic carbocycles. The first-order valence-electron chi connectivity index (χ1n) is 9.25. The number of aromatic nitrogens is 2. The van der Waals surface area contributed by atoms with Crippen LogP contribution in [0.2, 0.25) is 0 Å². The van der Waals surface area contributed by atoms with Crippen LogP contribution in [0.15, 0.2) is 12.4 Å². The third-order valence-electron chi connectivity index (χ3n) is 5.63. The Labute approximate surface area is 148 Å². The lowest BCUT2D eigenvalue weighted by atomic mass is 9.79. The zero-order valence-electron chi connectivity index (χ0n) is 14.7.